The third-order valence-electron chi connectivity index (χ3n) is 5.26. The Labute approximate surface area is 149 Å². The summed E-state index contributed by atoms with van der Waals surface area (Å²) in [6, 6.07) is 9.42. The SMILES string of the molecule is CN(C(=O)C[C@@H]1CCC[C@H]1N)C1CCN(c2ccccc2)C1=O.Cl. The minimum atomic E-state index is -0.347. The highest BCUT2D eigenvalue weighted by Gasteiger charge is 2.38. The number of benzene rings is 1. The third-order valence-corrected chi connectivity index (χ3v) is 5.26. The first-order valence-corrected chi connectivity index (χ1v) is 8.45. The van der Waals surface area contributed by atoms with Gasteiger partial charge in [-0.2, -0.15) is 0 Å². The smallest absolute Gasteiger partial charge is 0.249 e. The topological polar surface area (TPSA) is 66.6 Å². The second kappa shape index (κ2) is 7.99. The normalized spacial score (nSPS) is 26.3. The highest BCUT2D eigenvalue weighted by atomic mass is 35.5. The maximum atomic E-state index is 12.7. The number of carbonyl (C=O) groups excluding carboxylic acids is 2. The van der Waals surface area contributed by atoms with E-state index in [0.29, 0.717) is 19.4 Å². The fourth-order valence-electron chi connectivity index (χ4n) is 3.75. The zero-order chi connectivity index (χ0) is 16.4. The summed E-state index contributed by atoms with van der Waals surface area (Å²) < 4.78 is 0. The van der Waals surface area contributed by atoms with Gasteiger partial charge >= 0.3 is 0 Å². The van der Waals surface area contributed by atoms with Gasteiger partial charge in [-0.3, -0.25) is 9.59 Å². The maximum absolute atomic E-state index is 12.7. The van der Waals surface area contributed by atoms with Crippen molar-refractivity contribution in [2.75, 3.05) is 18.5 Å². The minimum Gasteiger partial charge on any atom is -0.334 e. The van der Waals surface area contributed by atoms with Crippen molar-refractivity contribution in [3.8, 4) is 0 Å². The zero-order valence-corrected chi connectivity index (χ0v) is 14.9. The number of rotatable bonds is 4. The molecule has 1 aliphatic carbocycles. The Bertz CT molecular complexity index is 581. The molecule has 0 radical (unpaired) electrons. The van der Waals surface area contributed by atoms with Crippen LogP contribution in [0.2, 0.25) is 0 Å². The number of amides is 2. The first kappa shape index (κ1) is 18.7. The van der Waals surface area contributed by atoms with Crippen LogP contribution in [0.25, 0.3) is 0 Å². The molecule has 24 heavy (non-hydrogen) atoms. The van der Waals surface area contributed by atoms with E-state index < -0.39 is 0 Å². The fourth-order valence-corrected chi connectivity index (χ4v) is 3.75. The Morgan fingerprint density at radius 2 is 1.96 bits per heavy atom. The van der Waals surface area contributed by atoms with E-state index in [1.165, 1.54) is 0 Å². The van der Waals surface area contributed by atoms with E-state index in [2.05, 4.69) is 0 Å². The van der Waals surface area contributed by atoms with Crippen LogP contribution in [-0.4, -0.2) is 42.4 Å². The Balaban J connectivity index is 0.00000208. The van der Waals surface area contributed by atoms with Gasteiger partial charge in [0.15, 0.2) is 0 Å². The van der Waals surface area contributed by atoms with Crippen LogP contribution in [0.5, 0.6) is 0 Å². The summed E-state index contributed by atoms with van der Waals surface area (Å²) in [4.78, 5) is 28.6. The Morgan fingerprint density at radius 1 is 1.25 bits per heavy atom. The molecule has 2 amide bonds. The van der Waals surface area contributed by atoms with Gasteiger partial charge in [0.25, 0.3) is 0 Å². The van der Waals surface area contributed by atoms with Gasteiger partial charge in [0.2, 0.25) is 11.8 Å². The Kier molecular flexibility index (Phi) is 6.24. The van der Waals surface area contributed by atoms with Crippen molar-refractivity contribution < 1.29 is 9.59 Å². The molecule has 1 aliphatic heterocycles. The number of nitrogens with two attached hydrogens (primary N) is 1. The van der Waals surface area contributed by atoms with Crippen molar-refractivity contribution in [2.24, 2.45) is 11.7 Å². The van der Waals surface area contributed by atoms with E-state index in [9.17, 15) is 9.59 Å². The van der Waals surface area contributed by atoms with Crippen molar-refractivity contribution >= 4 is 29.9 Å². The van der Waals surface area contributed by atoms with Crippen molar-refractivity contribution in [1.82, 2.24) is 4.90 Å². The second-order valence-corrected chi connectivity index (χ2v) is 6.69. The number of halogens is 1. The molecule has 132 valence electrons. The summed E-state index contributed by atoms with van der Waals surface area (Å²) in [5, 5.41) is 0. The summed E-state index contributed by atoms with van der Waals surface area (Å²) in [6.45, 7) is 0.661. The number of carbonyl (C=O) groups is 2. The van der Waals surface area contributed by atoms with Gasteiger partial charge in [0.1, 0.15) is 6.04 Å². The Hall–Kier alpha value is -1.59. The molecule has 0 bridgehead atoms. The molecule has 3 atom stereocenters. The molecule has 1 saturated heterocycles. The highest BCUT2D eigenvalue weighted by molar-refractivity contribution is 6.01. The van der Waals surface area contributed by atoms with Gasteiger partial charge in [-0.15, -0.1) is 12.4 Å². The second-order valence-electron chi connectivity index (χ2n) is 6.69. The molecule has 2 N–H and O–H groups in total. The summed E-state index contributed by atoms with van der Waals surface area (Å²) in [5.74, 6) is 0.329. The van der Waals surface area contributed by atoms with Crippen molar-refractivity contribution in [3.63, 3.8) is 0 Å². The lowest BCUT2D eigenvalue weighted by Crippen LogP contribution is -2.44. The first-order chi connectivity index (χ1) is 11.1. The number of nitrogens with zero attached hydrogens (tertiary/aromatic N) is 2. The van der Waals surface area contributed by atoms with Crippen LogP contribution in [0.3, 0.4) is 0 Å². The van der Waals surface area contributed by atoms with E-state index >= 15 is 0 Å². The summed E-state index contributed by atoms with van der Waals surface area (Å²) >= 11 is 0. The Morgan fingerprint density at radius 3 is 2.58 bits per heavy atom. The maximum Gasteiger partial charge on any atom is 0.249 e. The van der Waals surface area contributed by atoms with Crippen LogP contribution in [0, 0.1) is 5.92 Å². The molecule has 2 aliphatic rings. The number of hydrogen-bond donors (Lipinski definition) is 1. The number of likely N-dealkylation sites (N-methyl/N-ethyl adjacent to an activating group) is 1. The van der Waals surface area contributed by atoms with Crippen LogP contribution in [-0.2, 0) is 9.59 Å². The van der Waals surface area contributed by atoms with E-state index in [0.717, 1.165) is 24.9 Å². The number of hydrogen-bond acceptors (Lipinski definition) is 3. The molecule has 2 fully saturated rings. The average Bonchev–Trinajstić information content (AvgIpc) is 3.14. The zero-order valence-electron chi connectivity index (χ0n) is 14.1. The summed E-state index contributed by atoms with van der Waals surface area (Å²) in [5.41, 5.74) is 6.96. The van der Waals surface area contributed by atoms with Gasteiger partial charge in [-0.25, -0.2) is 0 Å². The molecule has 1 aromatic carbocycles. The quantitative estimate of drug-likeness (QED) is 0.904. The van der Waals surface area contributed by atoms with Gasteiger partial charge in [0, 0.05) is 31.7 Å². The summed E-state index contributed by atoms with van der Waals surface area (Å²) in [7, 11) is 1.75. The molecule has 1 aromatic rings. The van der Waals surface area contributed by atoms with E-state index in [-0.39, 0.29) is 42.2 Å². The molecule has 0 aromatic heterocycles. The third kappa shape index (κ3) is 3.73. The number of anilines is 1. The molecular weight excluding hydrogens is 326 g/mol. The molecule has 3 rings (SSSR count). The van der Waals surface area contributed by atoms with Crippen molar-refractivity contribution in [1.29, 1.82) is 0 Å². The van der Waals surface area contributed by atoms with Crippen LogP contribution in [0.4, 0.5) is 5.69 Å². The van der Waals surface area contributed by atoms with Gasteiger partial charge in [0.05, 0.1) is 0 Å². The molecule has 1 saturated carbocycles. The lowest BCUT2D eigenvalue weighted by molar-refractivity contribution is -0.137. The monoisotopic (exact) mass is 351 g/mol. The van der Waals surface area contributed by atoms with Gasteiger partial charge < -0.3 is 15.5 Å². The van der Waals surface area contributed by atoms with Crippen molar-refractivity contribution in [3.05, 3.63) is 30.3 Å². The average molecular weight is 352 g/mol. The lowest BCUT2D eigenvalue weighted by atomic mass is 9.99. The lowest BCUT2D eigenvalue weighted by Gasteiger charge is -2.26. The molecule has 1 unspecified atom stereocenters. The highest BCUT2D eigenvalue weighted by Crippen LogP contribution is 2.29. The van der Waals surface area contributed by atoms with Crippen LogP contribution in [0.1, 0.15) is 32.1 Å². The minimum absolute atomic E-state index is 0. The van der Waals surface area contributed by atoms with Crippen LogP contribution < -0.4 is 10.6 Å². The van der Waals surface area contributed by atoms with E-state index in [1.54, 1.807) is 16.8 Å². The molecular formula is C18H26ClN3O2. The first-order valence-electron chi connectivity index (χ1n) is 8.45. The number of para-hydroxylation sites is 1. The standard InChI is InChI=1S/C18H25N3O2.ClH/c1-20(17(22)12-13-6-5-9-15(13)19)16-10-11-21(18(16)23)14-7-3-2-4-8-14;/h2-4,7-8,13,15-16H,5-6,9-12,19H2,1H3;1H/t13-,15+,16?;/m0./s1. The van der Waals surface area contributed by atoms with Crippen LogP contribution in [0.15, 0.2) is 30.3 Å². The summed E-state index contributed by atoms with van der Waals surface area (Å²) in [6.07, 6.45) is 4.29. The predicted octanol–water partition coefficient (Wildman–Crippen LogP) is 2.19. The fraction of sp³-hybridized carbons (Fsp3) is 0.556. The molecule has 6 heteroatoms. The van der Waals surface area contributed by atoms with E-state index in [1.807, 2.05) is 30.3 Å². The van der Waals surface area contributed by atoms with E-state index in [4.69, 9.17) is 5.73 Å². The molecule has 5 nitrogen and oxygen atoms in total. The van der Waals surface area contributed by atoms with Crippen molar-refractivity contribution in [2.45, 2.75) is 44.2 Å². The van der Waals surface area contributed by atoms with Crippen LogP contribution >= 0.6 is 12.4 Å². The molecule has 1 heterocycles. The predicted molar refractivity (Wildman–Crippen MR) is 97.2 cm³/mol. The van der Waals surface area contributed by atoms with Gasteiger partial charge in [-0.1, -0.05) is 24.6 Å². The molecule has 0 spiro atoms. The largest absolute Gasteiger partial charge is 0.334 e. The van der Waals surface area contributed by atoms with Gasteiger partial charge in [-0.05, 0) is 37.3 Å².